The zero-order valence-electron chi connectivity index (χ0n) is 12.0. The second-order valence-corrected chi connectivity index (χ2v) is 5.38. The van der Waals surface area contributed by atoms with Crippen molar-refractivity contribution in [2.75, 3.05) is 12.4 Å². The van der Waals surface area contributed by atoms with E-state index >= 15 is 0 Å². The summed E-state index contributed by atoms with van der Waals surface area (Å²) in [5.41, 5.74) is 3.30. The van der Waals surface area contributed by atoms with Crippen LogP contribution in [-0.2, 0) is 0 Å². The molecule has 3 nitrogen and oxygen atoms in total. The number of nitrogens with zero attached hydrogens (tertiary/aromatic N) is 1. The molecule has 2 aromatic carbocycles. The third-order valence-corrected chi connectivity index (χ3v) is 3.85. The number of hydrogen-bond donors (Lipinski definition) is 1. The lowest BCUT2D eigenvalue weighted by molar-refractivity contribution is 0.415. The van der Waals surface area contributed by atoms with Crippen molar-refractivity contribution < 1.29 is 4.74 Å². The molecule has 1 fully saturated rings. The summed E-state index contributed by atoms with van der Waals surface area (Å²) in [6.45, 7) is 0. The molecule has 1 aliphatic rings. The Kier molecular flexibility index (Phi) is 3.79. The maximum Gasteiger partial charge on any atom is 0.140 e. The Hall–Kier alpha value is -2.47. The molecule has 1 N–H and O–H groups in total. The van der Waals surface area contributed by atoms with Crippen molar-refractivity contribution >= 4 is 5.69 Å². The zero-order valence-corrected chi connectivity index (χ0v) is 12.0. The number of ether oxygens (including phenoxy) is 1. The fraction of sp³-hybridized carbons (Fsp3) is 0.278. The van der Waals surface area contributed by atoms with Crippen LogP contribution < -0.4 is 10.1 Å². The SMILES string of the molecule is COc1ccc(NC(C#N)c2ccc(C3CC3)cc2)cc1. The molecule has 1 aliphatic carbocycles. The van der Waals surface area contributed by atoms with Gasteiger partial charge in [0.25, 0.3) is 0 Å². The van der Waals surface area contributed by atoms with Crippen molar-refractivity contribution in [2.24, 2.45) is 0 Å². The van der Waals surface area contributed by atoms with Gasteiger partial charge in [0.2, 0.25) is 0 Å². The first-order chi connectivity index (χ1) is 10.3. The molecule has 21 heavy (non-hydrogen) atoms. The number of nitriles is 1. The van der Waals surface area contributed by atoms with Crippen LogP contribution in [0.4, 0.5) is 5.69 Å². The van der Waals surface area contributed by atoms with Gasteiger partial charge in [-0.15, -0.1) is 0 Å². The fourth-order valence-electron chi connectivity index (χ4n) is 2.42. The van der Waals surface area contributed by atoms with Crippen LogP contribution in [0.3, 0.4) is 0 Å². The highest BCUT2D eigenvalue weighted by Gasteiger charge is 2.23. The maximum absolute atomic E-state index is 9.40. The number of hydrogen-bond acceptors (Lipinski definition) is 3. The van der Waals surface area contributed by atoms with Gasteiger partial charge in [-0.1, -0.05) is 24.3 Å². The number of rotatable bonds is 5. The summed E-state index contributed by atoms with van der Waals surface area (Å²) in [6, 6.07) is 18.0. The quantitative estimate of drug-likeness (QED) is 0.889. The lowest BCUT2D eigenvalue weighted by atomic mass is 10.0. The van der Waals surface area contributed by atoms with Crippen LogP contribution in [0, 0.1) is 11.3 Å². The Labute approximate surface area is 125 Å². The summed E-state index contributed by atoms with van der Waals surface area (Å²) in [7, 11) is 1.64. The van der Waals surface area contributed by atoms with Crippen molar-refractivity contribution in [2.45, 2.75) is 24.8 Å². The lowest BCUT2D eigenvalue weighted by Gasteiger charge is -2.14. The highest BCUT2D eigenvalue weighted by atomic mass is 16.5. The van der Waals surface area contributed by atoms with Gasteiger partial charge >= 0.3 is 0 Å². The molecule has 0 bridgehead atoms. The molecule has 0 aromatic heterocycles. The Balaban J connectivity index is 1.72. The van der Waals surface area contributed by atoms with E-state index in [-0.39, 0.29) is 6.04 Å². The van der Waals surface area contributed by atoms with E-state index in [4.69, 9.17) is 4.74 Å². The summed E-state index contributed by atoms with van der Waals surface area (Å²) >= 11 is 0. The molecule has 0 aliphatic heterocycles. The van der Waals surface area contributed by atoms with Crippen molar-refractivity contribution in [3.05, 3.63) is 59.7 Å². The van der Waals surface area contributed by atoms with Crippen molar-refractivity contribution in [1.82, 2.24) is 0 Å². The van der Waals surface area contributed by atoms with E-state index in [9.17, 15) is 5.26 Å². The van der Waals surface area contributed by atoms with Gasteiger partial charge < -0.3 is 10.1 Å². The van der Waals surface area contributed by atoms with Crippen LogP contribution >= 0.6 is 0 Å². The molecule has 1 atom stereocenters. The van der Waals surface area contributed by atoms with E-state index in [0.29, 0.717) is 0 Å². The van der Waals surface area contributed by atoms with Gasteiger partial charge in [-0.3, -0.25) is 0 Å². The second kappa shape index (κ2) is 5.88. The standard InChI is InChI=1S/C18H18N2O/c1-21-17-10-8-16(9-11-17)20-18(12-19)15-6-4-14(5-7-15)13-2-3-13/h4-11,13,18,20H,2-3H2,1H3. The van der Waals surface area contributed by atoms with Gasteiger partial charge in [0.1, 0.15) is 11.8 Å². The maximum atomic E-state index is 9.40. The van der Waals surface area contributed by atoms with Crippen molar-refractivity contribution in [1.29, 1.82) is 5.26 Å². The molecule has 2 aromatic rings. The number of nitrogens with one attached hydrogen (secondary N) is 1. The average molecular weight is 278 g/mol. The first kappa shape index (κ1) is 13.5. The summed E-state index contributed by atoms with van der Waals surface area (Å²) in [5.74, 6) is 1.55. The van der Waals surface area contributed by atoms with Gasteiger partial charge in [-0.25, -0.2) is 0 Å². The monoisotopic (exact) mass is 278 g/mol. The Morgan fingerprint density at radius 1 is 1.10 bits per heavy atom. The predicted octanol–water partition coefficient (Wildman–Crippen LogP) is 4.25. The van der Waals surface area contributed by atoms with Crippen molar-refractivity contribution in [3.63, 3.8) is 0 Å². The molecule has 1 saturated carbocycles. The highest BCUT2D eigenvalue weighted by molar-refractivity contribution is 5.50. The lowest BCUT2D eigenvalue weighted by Crippen LogP contribution is -2.08. The van der Waals surface area contributed by atoms with Crippen LogP contribution in [0.5, 0.6) is 5.75 Å². The highest BCUT2D eigenvalue weighted by Crippen LogP contribution is 2.40. The number of benzene rings is 2. The smallest absolute Gasteiger partial charge is 0.140 e. The zero-order chi connectivity index (χ0) is 14.7. The van der Waals surface area contributed by atoms with Crippen LogP contribution in [0.15, 0.2) is 48.5 Å². The molecule has 106 valence electrons. The molecule has 1 unspecified atom stereocenters. The van der Waals surface area contributed by atoms with Gasteiger partial charge in [0.05, 0.1) is 13.2 Å². The summed E-state index contributed by atoms with van der Waals surface area (Å²) in [5, 5.41) is 12.6. The molecule has 3 rings (SSSR count). The minimum absolute atomic E-state index is 0.341. The third kappa shape index (κ3) is 3.17. The van der Waals surface area contributed by atoms with E-state index in [1.807, 2.05) is 24.3 Å². The van der Waals surface area contributed by atoms with Crippen molar-refractivity contribution in [3.8, 4) is 11.8 Å². The predicted molar refractivity (Wildman–Crippen MR) is 83.4 cm³/mol. The minimum atomic E-state index is -0.341. The number of anilines is 1. The fourth-order valence-corrected chi connectivity index (χ4v) is 2.42. The molecule has 3 heteroatoms. The third-order valence-electron chi connectivity index (χ3n) is 3.85. The summed E-state index contributed by atoms with van der Waals surface area (Å²) in [4.78, 5) is 0. The Morgan fingerprint density at radius 3 is 2.29 bits per heavy atom. The normalized spacial score (nSPS) is 15.0. The van der Waals surface area contributed by atoms with Crippen LogP contribution in [0.1, 0.15) is 35.9 Å². The van der Waals surface area contributed by atoms with E-state index < -0.39 is 0 Å². The molecule has 0 heterocycles. The van der Waals surface area contributed by atoms with Gasteiger partial charge in [0.15, 0.2) is 0 Å². The average Bonchev–Trinajstić information content (AvgIpc) is 3.38. The first-order valence-electron chi connectivity index (χ1n) is 7.20. The second-order valence-electron chi connectivity index (χ2n) is 5.38. The van der Waals surface area contributed by atoms with E-state index in [1.165, 1.54) is 18.4 Å². The van der Waals surface area contributed by atoms with Crippen LogP contribution in [0.25, 0.3) is 0 Å². The molecule has 0 radical (unpaired) electrons. The summed E-state index contributed by atoms with van der Waals surface area (Å²) in [6.07, 6.45) is 2.59. The molecule has 0 spiro atoms. The number of methoxy groups -OCH3 is 1. The Morgan fingerprint density at radius 2 is 1.76 bits per heavy atom. The summed E-state index contributed by atoms with van der Waals surface area (Å²) < 4.78 is 5.13. The molecule has 0 amide bonds. The Bertz CT molecular complexity index is 636. The minimum Gasteiger partial charge on any atom is -0.497 e. The van der Waals surface area contributed by atoms with E-state index in [2.05, 4.69) is 35.7 Å². The first-order valence-corrected chi connectivity index (χ1v) is 7.20. The van der Waals surface area contributed by atoms with E-state index in [0.717, 1.165) is 22.9 Å². The largest absolute Gasteiger partial charge is 0.497 e. The van der Waals surface area contributed by atoms with Crippen LogP contribution in [-0.4, -0.2) is 7.11 Å². The molecular weight excluding hydrogens is 260 g/mol. The van der Waals surface area contributed by atoms with E-state index in [1.54, 1.807) is 7.11 Å². The molecule has 0 saturated heterocycles. The van der Waals surface area contributed by atoms with Crippen LogP contribution in [0.2, 0.25) is 0 Å². The van der Waals surface area contributed by atoms with Gasteiger partial charge in [-0.2, -0.15) is 5.26 Å². The van der Waals surface area contributed by atoms with Gasteiger partial charge in [0, 0.05) is 5.69 Å². The van der Waals surface area contributed by atoms with Gasteiger partial charge in [-0.05, 0) is 54.2 Å². The molecular formula is C18H18N2O. The topological polar surface area (TPSA) is 45.0 Å².